The van der Waals surface area contributed by atoms with Gasteiger partial charge in [-0.2, -0.15) is 0 Å². The van der Waals surface area contributed by atoms with Gasteiger partial charge in [0.15, 0.2) is 5.82 Å². The lowest BCUT2D eigenvalue weighted by Gasteiger charge is -2.05. The Morgan fingerprint density at radius 1 is 1.12 bits per heavy atom. The summed E-state index contributed by atoms with van der Waals surface area (Å²) in [4.78, 5) is 21.5. The van der Waals surface area contributed by atoms with Gasteiger partial charge in [0.25, 0.3) is 5.91 Å². The highest BCUT2D eigenvalue weighted by molar-refractivity contribution is 7.15. The molecular formula is C18H13N5OS. The van der Waals surface area contributed by atoms with Crippen LogP contribution >= 0.6 is 11.3 Å². The van der Waals surface area contributed by atoms with Gasteiger partial charge in [0.05, 0.1) is 21.0 Å². The number of carbonyl (C=O) groups is 1. The van der Waals surface area contributed by atoms with Gasteiger partial charge >= 0.3 is 0 Å². The van der Waals surface area contributed by atoms with E-state index in [1.54, 1.807) is 29.7 Å². The molecule has 0 unspecified atom stereocenters. The van der Waals surface area contributed by atoms with Crippen LogP contribution in [0, 0.1) is 6.92 Å². The maximum absolute atomic E-state index is 12.2. The van der Waals surface area contributed by atoms with E-state index in [2.05, 4.69) is 25.5 Å². The molecule has 0 spiro atoms. The number of fused-ring (bicyclic) bond motifs is 1. The van der Waals surface area contributed by atoms with Gasteiger partial charge in [-0.1, -0.05) is 6.07 Å². The number of aromatic nitrogens is 4. The van der Waals surface area contributed by atoms with E-state index < -0.39 is 0 Å². The highest BCUT2D eigenvalue weighted by Gasteiger charge is 2.09. The van der Waals surface area contributed by atoms with Gasteiger partial charge in [0.2, 0.25) is 0 Å². The number of rotatable bonds is 3. The van der Waals surface area contributed by atoms with E-state index in [4.69, 9.17) is 0 Å². The van der Waals surface area contributed by atoms with Gasteiger partial charge in [0, 0.05) is 24.0 Å². The Morgan fingerprint density at radius 3 is 2.80 bits per heavy atom. The lowest BCUT2D eigenvalue weighted by molar-refractivity contribution is 0.102. The van der Waals surface area contributed by atoms with Crippen LogP contribution in [0.2, 0.25) is 0 Å². The molecule has 4 aromatic rings. The molecule has 1 amide bonds. The Balaban J connectivity index is 1.66. The normalized spacial score (nSPS) is 10.8. The Morgan fingerprint density at radius 2 is 2.04 bits per heavy atom. The SMILES string of the molecule is Cc1ncc(-c2ccc3nnc(NC(=O)c4cccnc4)cc3c2)s1. The van der Waals surface area contributed by atoms with E-state index in [9.17, 15) is 4.79 Å². The molecule has 1 N–H and O–H groups in total. The number of anilines is 1. The third-order valence-electron chi connectivity index (χ3n) is 3.66. The Hall–Kier alpha value is -3.19. The van der Waals surface area contributed by atoms with Crippen LogP contribution in [0.25, 0.3) is 21.3 Å². The predicted molar refractivity (Wildman–Crippen MR) is 97.6 cm³/mol. The van der Waals surface area contributed by atoms with E-state index in [0.717, 1.165) is 26.4 Å². The minimum atomic E-state index is -0.268. The highest BCUT2D eigenvalue weighted by Crippen LogP contribution is 2.28. The van der Waals surface area contributed by atoms with Crippen LogP contribution in [-0.2, 0) is 0 Å². The molecular weight excluding hydrogens is 334 g/mol. The fourth-order valence-corrected chi connectivity index (χ4v) is 3.21. The Bertz CT molecular complexity index is 1060. The smallest absolute Gasteiger partial charge is 0.258 e. The number of thiazole rings is 1. The fourth-order valence-electron chi connectivity index (χ4n) is 2.44. The molecule has 7 heteroatoms. The molecule has 25 heavy (non-hydrogen) atoms. The number of nitrogens with zero attached hydrogens (tertiary/aromatic N) is 4. The molecule has 1 aromatic carbocycles. The fraction of sp³-hybridized carbons (Fsp3) is 0.0556. The first-order valence-electron chi connectivity index (χ1n) is 7.61. The Labute approximate surface area is 147 Å². The minimum Gasteiger partial charge on any atom is -0.305 e. The summed E-state index contributed by atoms with van der Waals surface area (Å²) in [6.45, 7) is 1.98. The number of aryl methyl sites for hydroxylation is 1. The molecule has 3 aromatic heterocycles. The van der Waals surface area contributed by atoms with E-state index in [-0.39, 0.29) is 5.91 Å². The molecule has 6 nitrogen and oxygen atoms in total. The molecule has 4 rings (SSSR count). The van der Waals surface area contributed by atoms with Crippen LogP contribution in [0.4, 0.5) is 5.82 Å². The molecule has 0 radical (unpaired) electrons. The molecule has 0 atom stereocenters. The van der Waals surface area contributed by atoms with Gasteiger partial charge < -0.3 is 5.32 Å². The van der Waals surface area contributed by atoms with E-state index in [1.165, 1.54) is 6.20 Å². The summed E-state index contributed by atoms with van der Waals surface area (Å²) in [5.41, 5.74) is 2.30. The number of benzene rings is 1. The topological polar surface area (TPSA) is 80.7 Å². The second-order valence-electron chi connectivity index (χ2n) is 5.44. The summed E-state index contributed by atoms with van der Waals surface area (Å²) >= 11 is 1.64. The van der Waals surface area contributed by atoms with Gasteiger partial charge in [-0.05, 0) is 42.8 Å². The van der Waals surface area contributed by atoms with Crippen molar-refractivity contribution < 1.29 is 4.79 Å². The summed E-state index contributed by atoms with van der Waals surface area (Å²) < 4.78 is 0. The van der Waals surface area contributed by atoms with Crippen LogP contribution in [-0.4, -0.2) is 26.1 Å². The average Bonchev–Trinajstić information content (AvgIpc) is 3.08. The van der Waals surface area contributed by atoms with Crippen molar-refractivity contribution in [2.75, 3.05) is 5.32 Å². The second-order valence-corrected chi connectivity index (χ2v) is 6.68. The van der Waals surface area contributed by atoms with E-state index in [1.807, 2.05) is 37.4 Å². The summed E-state index contributed by atoms with van der Waals surface area (Å²) in [5, 5.41) is 12.9. The number of hydrogen-bond donors (Lipinski definition) is 1. The standard InChI is InChI=1S/C18H13N5OS/c1-11-20-10-16(25-11)12-4-5-15-14(7-12)8-17(23-22-15)21-18(24)13-3-2-6-19-9-13/h2-10H,1H3,(H,21,23,24). The van der Waals surface area contributed by atoms with Crippen molar-refractivity contribution in [3.8, 4) is 10.4 Å². The first-order chi connectivity index (χ1) is 12.2. The van der Waals surface area contributed by atoms with E-state index >= 15 is 0 Å². The van der Waals surface area contributed by atoms with Crippen molar-refractivity contribution in [1.82, 2.24) is 20.2 Å². The molecule has 0 saturated heterocycles. The van der Waals surface area contributed by atoms with Crippen molar-refractivity contribution in [2.24, 2.45) is 0 Å². The second kappa shape index (κ2) is 6.37. The van der Waals surface area contributed by atoms with Crippen LogP contribution in [0.5, 0.6) is 0 Å². The third kappa shape index (κ3) is 3.22. The van der Waals surface area contributed by atoms with Crippen molar-refractivity contribution in [2.45, 2.75) is 6.92 Å². The molecule has 0 bridgehead atoms. The third-order valence-corrected chi connectivity index (χ3v) is 4.62. The lowest BCUT2D eigenvalue weighted by atomic mass is 10.1. The zero-order valence-corrected chi connectivity index (χ0v) is 14.1. The van der Waals surface area contributed by atoms with Crippen LogP contribution < -0.4 is 5.32 Å². The average molecular weight is 347 g/mol. The van der Waals surface area contributed by atoms with Crippen LogP contribution in [0.15, 0.2) is 55.0 Å². The predicted octanol–water partition coefficient (Wildman–Crippen LogP) is 3.71. The molecule has 0 saturated carbocycles. The molecule has 122 valence electrons. The summed E-state index contributed by atoms with van der Waals surface area (Å²) in [7, 11) is 0. The minimum absolute atomic E-state index is 0.268. The van der Waals surface area contributed by atoms with Gasteiger partial charge in [-0.25, -0.2) is 4.98 Å². The Kier molecular flexibility index (Phi) is 3.91. The van der Waals surface area contributed by atoms with Crippen LogP contribution in [0.1, 0.15) is 15.4 Å². The quantitative estimate of drug-likeness (QED) is 0.611. The zero-order valence-electron chi connectivity index (χ0n) is 13.3. The van der Waals surface area contributed by atoms with Gasteiger partial charge in [0.1, 0.15) is 0 Å². The molecule has 3 heterocycles. The van der Waals surface area contributed by atoms with Gasteiger partial charge in [-0.15, -0.1) is 21.5 Å². The monoisotopic (exact) mass is 347 g/mol. The number of hydrogen-bond acceptors (Lipinski definition) is 6. The van der Waals surface area contributed by atoms with Crippen molar-refractivity contribution in [1.29, 1.82) is 0 Å². The molecule has 0 aliphatic heterocycles. The first-order valence-corrected chi connectivity index (χ1v) is 8.42. The number of amides is 1. The number of pyridine rings is 1. The maximum Gasteiger partial charge on any atom is 0.258 e. The number of nitrogens with one attached hydrogen (secondary N) is 1. The number of carbonyl (C=O) groups excluding carboxylic acids is 1. The largest absolute Gasteiger partial charge is 0.305 e. The molecule has 0 aliphatic carbocycles. The maximum atomic E-state index is 12.2. The lowest BCUT2D eigenvalue weighted by Crippen LogP contribution is -2.13. The van der Waals surface area contributed by atoms with Crippen molar-refractivity contribution >= 4 is 34.0 Å². The van der Waals surface area contributed by atoms with Crippen molar-refractivity contribution in [3.05, 3.63) is 65.6 Å². The van der Waals surface area contributed by atoms with Gasteiger partial charge in [-0.3, -0.25) is 9.78 Å². The van der Waals surface area contributed by atoms with Crippen LogP contribution in [0.3, 0.4) is 0 Å². The summed E-state index contributed by atoms with van der Waals surface area (Å²) in [5.74, 6) is 0.134. The molecule has 0 fully saturated rings. The van der Waals surface area contributed by atoms with E-state index in [0.29, 0.717) is 11.4 Å². The van der Waals surface area contributed by atoms with Crippen molar-refractivity contribution in [3.63, 3.8) is 0 Å². The summed E-state index contributed by atoms with van der Waals surface area (Å²) in [6.07, 6.45) is 4.99. The molecule has 0 aliphatic rings. The first kappa shape index (κ1) is 15.3. The highest BCUT2D eigenvalue weighted by atomic mass is 32.1. The zero-order chi connectivity index (χ0) is 17.2. The summed E-state index contributed by atoms with van der Waals surface area (Å²) in [6, 6.07) is 11.2.